The molecular formula is C5H9F2NO. The van der Waals surface area contributed by atoms with Crippen molar-refractivity contribution in [2.24, 2.45) is 0 Å². The van der Waals surface area contributed by atoms with Gasteiger partial charge < -0.3 is 4.74 Å². The molecule has 1 rings (SSSR count). The van der Waals surface area contributed by atoms with E-state index < -0.39 is 6.55 Å². The second-order valence-electron chi connectivity index (χ2n) is 1.93. The van der Waals surface area contributed by atoms with Crippen LogP contribution in [0.15, 0.2) is 0 Å². The maximum absolute atomic E-state index is 11.8. The van der Waals surface area contributed by atoms with Crippen LogP contribution in [-0.2, 0) is 4.74 Å². The van der Waals surface area contributed by atoms with Crippen LogP contribution in [0, 0.1) is 0 Å². The summed E-state index contributed by atoms with van der Waals surface area (Å²) in [7, 11) is 0. The average molecular weight is 137 g/mol. The SMILES string of the molecule is FC(F)N1CCOCC1. The molecule has 0 aliphatic carbocycles. The van der Waals surface area contributed by atoms with Crippen LogP contribution in [0.5, 0.6) is 0 Å². The largest absolute Gasteiger partial charge is 0.379 e. The van der Waals surface area contributed by atoms with Crippen LogP contribution >= 0.6 is 0 Å². The molecule has 0 aromatic carbocycles. The molecule has 1 saturated heterocycles. The fourth-order valence-electron chi connectivity index (χ4n) is 0.773. The highest BCUT2D eigenvalue weighted by Crippen LogP contribution is 2.04. The fraction of sp³-hybridized carbons (Fsp3) is 1.00. The molecule has 0 N–H and O–H groups in total. The fourth-order valence-corrected chi connectivity index (χ4v) is 0.773. The number of hydrogen-bond donors (Lipinski definition) is 0. The molecule has 2 nitrogen and oxygen atoms in total. The maximum atomic E-state index is 11.8. The first-order valence-electron chi connectivity index (χ1n) is 2.90. The Kier molecular flexibility index (Phi) is 2.36. The van der Waals surface area contributed by atoms with Gasteiger partial charge in [0.2, 0.25) is 0 Å². The molecule has 0 aromatic heterocycles. The van der Waals surface area contributed by atoms with E-state index in [-0.39, 0.29) is 0 Å². The summed E-state index contributed by atoms with van der Waals surface area (Å²) in [5.74, 6) is 0. The predicted molar refractivity (Wildman–Crippen MR) is 28.4 cm³/mol. The van der Waals surface area contributed by atoms with Crippen LogP contribution in [-0.4, -0.2) is 37.8 Å². The van der Waals surface area contributed by atoms with E-state index in [1.54, 1.807) is 0 Å². The number of rotatable bonds is 1. The third-order valence-corrected chi connectivity index (χ3v) is 1.32. The summed E-state index contributed by atoms with van der Waals surface area (Å²) in [5, 5.41) is 0. The number of morpholine rings is 1. The second-order valence-corrected chi connectivity index (χ2v) is 1.93. The van der Waals surface area contributed by atoms with Gasteiger partial charge in [-0.05, 0) is 0 Å². The molecule has 1 aliphatic heterocycles. The van der Waals surface area contributed by atoms with E-state index >= 15 is 0 Å². The van der Waals surface area contributed by atoms with Crippen LogP contribution in [0.4, 0.5) is 8.78 Å². The molecule has 0 radical (unpaired) electrons. The molecule has 4 heteroatoms. The number of halogens is 2. The lowest BCUT2D eigenvalue weighted by Crippen LogP contribution is -2.39. The highest BCUT2D eigenvalue weighted by molar-refractivity contribution is 4.58. The van der Waals surface area contributed by atoms with Crippen LogP contribution in [0.25, 0.3) is 0 Å². The Hall–Kier alpha value is -0.220. The lowest BCUT2D eigenvalue weighted by molar-refractivity contribution is -0.0790. The molecule has 0 unspecified atom stereocenters. The van der Waals surface area contributed by atoms with Crippen molar-refractivity contribution in [1.82, 2.24) is 4.90 Å². The maximum Gasteiger partial charge on any atom is 0.294 e. The minimum atomic E-state index is -2.31. The minimum Gasteiger partial charge on any atom is -0.379 e. The molecule has 0 amide bonds. The second kappa shape index (κ2) is 3.08. The molecule has 0 atom stereocenters. The van der Waals surface area contributed by atoms with Gasteiger partial charge >= 0.3 is 0 Å². The van der Waals surface area contributed by atoms with E-state index in [0.29, 0.717) is 26.3 Å². The van der Waals surface area contributed by atoms with Crippen molar-refractivity contribution in [3.8, 4) is 0 Å². The van der Waals surface area contributed by atoms with E-state index in [1.807, 2.05) is 0 Å². The average Bonchev–Trinajstić information content (AvgIpc) is 1.90. The highest BCUT2D eigenvalue weighted by Gasteiger charge is 2.17. The van der Waals surface area contributed by atoms with Crippen molar-refractivity contribution in [3.63, 3.8) is 0 Å². The molecule has 0 aromatic rings. The lowest BCUT2D eigenvalue weighted by Gasteiger charge is -2.25. The summed E-state index contributed by atoms with van der Waals surface area (Å²) in [4.78, 5) is 1.10. The van der Waals surface area contributed by atoms with Crippen LogP contribution < -0.4 is 0 Å². The normalized spacial score (nSPS) is 23.0. The van der Waals surface area contributed by atoms with Crippen LogP contribution in [0.2, 0.25) is 0 Å². The molecule has 0 saturated carbocycles. The predicted octanol–water partition coefficient (Wildman–Crippen LogP) is 0.541. The van der Waals surface area contributed by atoms with Crippen molar-refractivity contribution in [2.45, 2.75) is 6.55 Å². The van der Waals surface area contributed by atoms with E-state index in [1.165, 1.54) is 0 Å². The van der Waals surface area contributed by atoms with E-state index in [2.05, 4.69) is 0 Å². The Morgan fingerprint density at radius 1 is 1.22 bits per heavy atom. The first-order chi connectivity index (χ1) is 4.30. The molecule has 0 spiro atoms. The molecule has 1 aliphatic rings. The molecule has 0 bridgehead atoms. The Morgan fingerprint density at radius 2 is 1.78 bits per heavy atom. The highest BCUT2D eigenvalue weighted by atomic mass is 19.3. The van der Waals surface area contributed by atoms with Crippen LogP contribution in [0.1, 0.15) is 0 Å². The van der Waals surface area contributed by atoms with Crippen molar-refractivity contribution in [1.29, 1.82) is 0 Å². The zero-order chi connectivity index (χ0) is 6.69. The first kappa shape index (κ1) is 6.89. The third kappa shape index (κ3) is 1.87. The summed E-state index contributed by atoms with van der Waals surface area (Å²) in [5.41, 5.74) is 0. The summed E-state index contributed by atoms with van der Waals surface area (Å²) in [6.07, 6.45) is 0. The first-order valence-corrected chi connectivity index (χ1v) is 2.90. The van der Waals surface area contributed by atoms with Gasteiger partial charge in [0.05, 0.1) is 13.2 Å². The molecule has 1 fully saturated rings. The van der Waals surface area contributed by atoms with Gasteiger partial charge in [-0.1, -0.05) is 0 Å². The van der Waals surface area contributed by atoms with Crippen molar-refractivity contribution in [3.05, 3.63) is 0 Å². The smallest absolute Gasteiger partial charge is 0.294 e. The van der Waals surface area contributed by atoms with E-state index in [0.717, 1.165) is 4.90 Å². The number of hydrogen-bond acceptors (Lipinski definition) is 2. The Morgan fingerprint density at radius 3 is 2.11 bits per heavy atom. The summed E-state index contributed by atoms with van der Waals surface area (Å²) >= 11 is 0. The summed E-state index contributed by atoms with van der Waals surface area (Å²) < 4.78 is 28.5. The summed E-state index contributed by atoms with van der Waals surface area (Å²) in [6.45, 7) is -0.724. The van der Waals surface area contributed by atoms with E-state index in [9.17, 15) is 8.78 Å². The number of alkyl halides is 2. The van der Waals surface area contributed by atoms with Gasteiger partial charge in [-0.25, -0.2) is 4.90 Å². The quantitative estimate of drug-likeness (QED) is 0.489. The van der Waals surface area contributed by atoms with Crippen molar-refractivity contribution < 1.29 is 13.5 Å². The van der Waals surface area contributed by atoms with E-state index in [4.69, 9.17) is 4.74 Å². The number of ether oxygens (including phenoxy) is 1. The molecule has 9 heavy (non-hydrogen) atoms. The van der Waals surface area contributed by atoms with Gasteiger partial charge in [0.25, 0.3) is 6.55 Å². The standard InChI is InChI=1S/C5H9F2NO/c6-5(7)8-1-3-9-4-2-8/h5H,1-4H2. The van der Waals surface area contributed by atoms with Crippen molar-refractivity contribution >= 4 is 0 Å². The zero-order valence-corrected chi connectivity index (χ0v) is 5.02. The van der Waals surface area contributed by atoms with Gasteiger partial charge in [0.1, 0.15) is 0 Å². The van der Waals surface area contributed by atoms with Crippen LogP contribution in [0.3, 0.4) is 0 Å². The Balaban J connectivity index is 2.23. The molecular weight excluding hydrogens is 128 g/mol. The third-order valence-electron chi connectivity index (χ3n) is 1.32. The Labute approximate surface area is 52.4 Å². The van der Waals surface area contributed by atoms with Gasteiger partial charge in [-0.3, -0.25) is 0 Å². The lowest BCUT2D eigenvalue weighted by atomic mass is 10.5. The van der Waals surface area contributed by atoms with Gasteiger partial charge in [0, 0.05) is 13.1 Å². The summed E-state index contributed by atoms with van der Waals surface area (Å²) in [6, 6.07) is 0. The Bertz CT molecular complexity index is 83.0. The number of nitrogens with zero attached hydrogens (tertiary/aromatic N) is 1. The van der Waals surface area contributed by atoms with Crippen molar-refractivity contribution in [2.75, 3.05) is 26.3 Å². The minimum absolute atomic E-state index is 0.359. The molecule has 1 heterocycles. The van der Waals surface area contributed by atoms with Gasteiger partial charge in [0.15, 0.2) is 0 Å². The zero-order valence-electron chi connectivity index (χ0n) is 5.02. The monoisotopic (exact) mass is 137 g/mol. The van der Waals surface area contributed by atoms with Gasteiger partial charge in [-0.15, -0.1) is 0 Å². The van der Waals surface area contributed by atoms with Gasteiger partial charge in [-0.2, -0.15) is 8.78 Å². The molecule has 54 valence electrons. The topological polar surface area (TPSA) is 12.5 Å².